The zero-order chi connectivity index (χ0) is 10.1. The van der Waals surface area contributed by atoms with Gasteiger partial charge in [0.05, 0.1) is 0 Å². The third-order valence-corrected chi connectivity index (χ3v) is 2.29. The number of halogens is 1. The zero-order valence-corrected chi connectivity index (χ0v) is 9.97. The Kier molecular flexibility index (Phi) is 8.45. The lowest BCUT2D eigenvalue weighted by molar-refractivity contribution is -0.135. The summed E-state index contributed by atoms with van der Waals surface area (Å²) in [6.07, 6.45) is 0.992. The molecule has 0 atom stereocenters. The van der Waals surface area contributed by atoms with Crippen LogP contribution in [0.5, 0.6) is 0 Å². The van der Waals surface area contributed by atoms with Crippen LogP contribution in [-0.2, 0) is 9.53 Å². The van der Waals surface area contributed by atoms with Crippen molar-refractivity contribution in [3.8, 4) is 0 Å². The molecule has 0 heterocycles. The maximum atomic E-state index is 11.4. The van der Waals surface area contributed by atoms with E-state index < -0.39 is 0 Å². The highest BCUT2D eigenvalue weighted by Gasteiger charge is 2.09. The maximum Gasteiger partial charge on any atom is 0.248 e. The van der Waals surface area contributed by atoms with Gasteiger partial charge in [0.1, 0.15) is 6.61 Å². The van der Waals surface area contributed by atoms with Crippen LogP contribution in [-0.4, -0.2) is 42.4 Å². The Labute approximate surface area is 88.6 Å². The van der Waals surface area contributed by atoms with Crippen LogP contribution in [0.15, 0.2) is 0 Å². The topological polar surface area (TPSA) is 29.5 Å². The molecule has 0 aliphatic carbocycles. The lowest BCUT2D eigenvalue weighted by atomic mass is 10.4. The molecule has 0 fully saturated rings. The third-order valence-electron chi connectivity index (χ3n) is 1.73. The van der Waals surface area contributed by atoms with Gasteiger partial charge in [-0.05, 0) is 20.3 Å². The number of hydrogen-bond acceptors (Lipinski definition) is 2. The number of carbonyl (C=O) groups excluding carboxylic acids is 1. The van der Waals surface area contributed by atoms with Crippen molar-refractivity contribution in [1.29, 1.82) is 0 Å². The first-order valence-corrected chi connectivity index (χ1v) is 5.79. The average molecular weight is 252 g/mol. The second kappa shape index (κ2) is 8.51. The lowest BCUT2D eigenvalue weighted by Gasteiger charge is -2.19. The molecule has 78 valence electrons. The van der Waals surface area contributed by atoms with Crippen LogP contribution in [0, 0.1) is 0 Å². The Morgan fingerprint density at radius 1 is 1.46 bits per heavy atom. The Hall–Kier alpha value is -0.0900. The van der Waals surface area contributed by atoms with Crippen molar-refractivity contribution < 1.29 is 9.53 Å². The Balaban J connectivity index is 3.71. The molecule has 0 spiro atoms. The standard InChI is InChI=1S/C9H18BrNO2/c1-3-11(7-5-6-10)9(12)8-13-4-2/h3-8H2,1-2H3. The maximum absolute atomic E-state index is 11.4. The fourth-order valence-electron chi connectivity index (χ4n) is 0.990. The van der Waals surface area contributed by atoms with Gasteiger partial charge in [0.25, 0.3) is 0 Å². The Morgan fingerprint density at radius 2 is 2.15 bits per heavy atom. The lowest BCUT2D eigenvalue weighted by Crippen LogP contribution is -2.34. The van der Waals surface area contributed by atoms with E-state index >= 15 is 0 Å². The quantitative estimate of drug-likeness (QED) is 0.645. The summed E-state index contributed by atoms with van der Waals surface area (Å²) in [6, 6.07) is 0. The van der Waals surface area contributed by atoms with E-state index in [1.807, 2.05) is 18.7 Å². The minimum atomic E-state index is 0.0882. The zero-order valence-electron chi connectivity index (χ0n) is 8.38. The van der Waals surface area contributed by atoms with Crippen LogP contribution in [0.2, 0.25) is 0 Å². The van der Waals surface area contributed by atoms with Crippen LogP contribution >= 0.6 is 15.9 Å². The smallest absolute Gasteiger partial charge is 0.248 e. The molecule has 13 heavy (non-hydrogen) atoms. The molecule has 0 saturated carbocycles. The van der Waals surface area contributed by atoms with Crippen molar-refractivity contribution in [2.45, 2.75) is 20.3 Å². The van der Waals surface area contributed by atoms with Gasteiger partial charge in [-0.15, -0.1) is 0 Å². The molecular weight excluding hydrogens is 234 g/mol. The highest BCUT2D eigenvalue weighted by molar-refractivity contribution is 9.09. The average Bonchev–Trinajstić information content (AvgIpc) is 2.16. The molecule has 0 saturated heterocycles. The summed E-state index contributed by atoms with van der Waals surface area (Å²) in [7, 11) is 0. The predicted octanol–water partition coefficient (Wildman–Crippen LogP) is 1.66. The van der Waals surface area contributed by atoms with Crippen LogP contribution in [0.25, 0.3) is 0 Å². The monoisotopic (exact) mass is 251 g/mol. The van der Waals surface area contributed by atoms with Gasteiger partial charge in [-0.1, -0.05) is 15.9 Å². The first-order valence-electron chi connectivity index (χ1n) is 4.67. The molecule has 0 aliphatic heterocycles. The van der Waals surface area contributed by atoms with Crippen LogP contribution in [0.1, 0.15) is 20.3 Å². The molecule has 0 bridgehead atoms. The summed E-state index contributed by atoms with van der Waals surface area (Å²) in [5, 5.41) is 0.936. The van der Waals surface area contributed by atoms with E-state index in [1.165, 1.54) is 0 Å². The minimum absolute atomic E-state index is 0.0882. The molecular formula is C9H18BrNO2. The van der Waals surface area contributed by atoms with E-state index in [9.17, 15) is 4.79 Å². The van der Waals surface area contributed by atoms with Gasteiger partial charge in [0.2, 0.25) is 5.91 Å². The van der Waals surface area contributed by atoms with Gasteiger partial charge in [-0.25, -0.2) is 0 Å². The fourth-order valence-corrected chi connectivity index (χ4v) is 1.24. The van der Waals surface area contributed by atoms with Crippen molar-refractivity contribution in [3.63, 3.8) is 0 Å². The van der Waals surface area contributed by atoms with Crippen molar-refractivity contribution in [2.24, 2.45) is 0 Å². The molecule has 0 aromatic rings. The highest BCUT2D eigenvalue weighted by Crippen LogP contribution is 1.96. The summed E-state index contributed by atoms with van der Waals surface area (Å²) in [5.41, 5.74) is 0. The SMILES string of the molecule is CCOCC(=O)N(CC)CCCBr. The van der Waals surface area contributed by atoms with Gasteiger partial charge in [0, 0.05) is 25.0 Å². The summed E-state index contributed by atoms with van der Waals surface area (Å²) in [4.78, 5) is 13.2. The molecule has 0 aromatic carbocycles. The van der Waals surface area contributed by atoms with E-state index in [1.54, 1.807) is 0 Å². The van der Waals surface area contributed by atoms with Gasteiger partial charge in [0.15, 0.2) is 0 Å². The number of rotatable bonds is 7. The molecule has 3 nitrogen and oxygen atoms in total. The molecule has 0 aliphatic rings. The first kappa shape index (κ1) is 12.9. The number of nitrogens with zero attached hydrogens (tertiary/aromatic N) is 1. The van der Waals surface area contributed by atoms with Crippen LogP contribution in [0.4, 0.5) is 0 Å². The number of likely N-dealkylation sites (N-methyl/N-ethyl adjacent to an activating group) is 1. The molecule has 1 amide bonds. The van der Waals surface area contributed by atoms with Crippen LogP contribution in [0.3, 0.4) is 0 Å². The summed E-state index contributed by atoms with van der Waals surface area (Å²) >= 11 is 3.34. The Morgan fingerprint density at radius 3 is 2.62 bits per heavy atom. The van der Waals surface area contributed by atoms with E-state index in [0.29, 0.717) is 6.61 Å². The normalized spacial score (nSPS) is 10.1. The molecule has 0 rings (SSSR count). The van der Waals surface area contributed by atoms with Crippen molar-refractivity contribution in [1.82, 2.24) is 4.90 Å². The first-order chi connectivity index (χ1) is 6.26. The summed E-state index contributed by atoms with van der Waals surface area (Å²) in [5.74, 6) is 0.0882. The second-order valence-electron chi connectivity index (χ2n) is 2.65. The third kappa shape index (κ3) is 6.05. The molecule has 0 unspecified atom stereocenters. The molecule has 0 N–H and O–H groups in total. The Bertz CT molecular complexity index is 142. The number of amides is 1. The van der Waals surface area contributed by atoms with E-state index in [2.05, 4.69) is 15.9 Å². The second-order valence-corrected chi connectivity index (χ2v) is 3.45. The fraction of sp³-hybridized carbons (Fsp3) is 0.889. The van der Waals surface area contributed by atoms with Crippen molar-refractivity contribution in [3.05, 3.63) is 0 Å². The highest BCUT2D eigenvalue weighted by atomic mass is 79.9. The van der Waals surface area contributed by atoms with Gasteiger partial charge in [-0.2, -0.15) is 0 Å². The van der Waals surface area contributed by atoms with E-state index in [-0.39, 0.29) is 12.5 Å². The van der Waals surface area contributed by atoms with Gasteiger partial charge in [-0.3, -0.25) is 4.79 Å². The molecule has 4 heteroatoms. The molecule has 0 aromatic heterocycles. The summed E-state index contributed by atoms with van der Waals surface area (Å²) in [6.45, 7) is 6.26. The summed E-state index contributed by atoms with van der Waals surface area (Å²) < 4.78 is 5.06. The number of alkyl halides is 1. The van der Waals surface area contributed by atoms with Crippen molar-refractivity contribution in [2.75, 3.05) is 31.6 Å². The number of carbonyl (C=O) groups is 1. The largest absolute Gasteiger partial charge is 0.372 e. The van der Waals surface area contributed by atoms with Gasteiger partial charge >= 0.3 is 0 Å². The minimum Gasteiger partial charge on any atom is -0.372 e. The van der Waals surface area contributed by atoms with Crippen LogP contribution < -0.4 is 0 Å². The number of hydrogen-bond donors (Lipinski definition) is 0. The van der Waals surface area contributed by atoms with Gasteiger partial charge < -0.3 is 9.64 Å². The number of ether oxygens (including phenoxy) is 1. The molecule has 0 radical (unpaired) electrons. The predicted molar refractivity (Wildman–Crippen MR) is 57.2 cm³/mol. The van der Waals surface area contributed by atoms with E-state index in [0.717, 1.165) is 24.8 Å². The van der Waals surface area contributed by atoms with E-state index in [4.69, 9.17) is 4.74 Å². The van der Waals surface area contributed by atoms with Crippen molar-refractivity contribution >= 4 is 21.8 Å².